The SMILES string of the molecule is CN=C(NCCOc1ccccc1)NCC1Cc2ccccc2O1. The molecule has 2 aromatic rings. The molecule has 2 N–H and O–H groups in total. The summed E-state index contributed by atoms with van der Waals surface area (Å²) < 4.78 is 11.6. The van der Waals surface area contributed by atoms with Gasteiger partial charge in [0.25, 0.3) is 0 Å². The largest absolute Gasteiger partial charge is 0.492 e. The summed E-state index contributed by atoms with van der Waals surface area (Å²) >= 11 is 0. The summed E-state index contributed by atoms with van der Waals surface area (Å²) in [5, 5.41) is 6.55. The molecule has 1 aliphatic rings. The van der Waals surface area contributed by atoms with E-state index in [-0.39, 0.29) is 6.10 Å². The van der Waals surface area contributed by atoms with Crippen LogP contribution in [-0.2, 0) is 6.42 Å². The first-order chi connectivity index (χ1) is 11.8. The predicted octanol–water partition coefficient (Wildman–Crippen LogP) is 2.23. The molecule has 5 heteroatoms. The maximum Gasteiger partial charge on any atom is 0.191 e. The van der Waals surface area contributed by atoms with Crippen LogP contribution < -0.4 is 20.1 Å². The molecule has 1 aliphatic heterocycles. The highest BCUT2D eigenvalue weighted by molar-refractivity contribution is 5.79. The number of hydrogen-bond donors (Lipinski definition) is 2. The van der Waals surface area contributed by atoms with Crippen molar-refractivity contribution >= 4 is 5.96 Å². The standard InChI is InChI=1S/C19H23N3O2/c1-20-19(21-11-12-23-16-8-3-2-4-9-16)22-14-17-13-15-7-5-6-10-18(15)24-17/h2-10,17H,11-14H2,1H3,(H2,20,21,22). The average molecular weight is 325 g/mol. The van der Waals surface area contributed by atoms with Gasteiger partial charge >= 0.3 is 0 Å². The number of fused-ring (bicyclic) bond motifs is 1. The monoisotopic (exact) mass is 325 g/mol. The minimum absolute atomic E-state index is 0.140. The fraction of sp³-hybridized carbons (Fsp3) is 0.316. The van der Waals surface area contributed by atoms with Crippen LogP contribution in [0, 0.1) is 0 Å². The number of rotatable bonds is 6. The Balaban J connectivity index is 1.35. The van der Waals surface area contributed by atoms with Crippen molar-refractivity contribution in [1.29, 1.82) is 0 Å². The third-order valence-corrected chi connectivity index (χ3v) is 3.84. The van der Waals surface area contributed by atoms with Gasteiger partial charge in [-0.05, 0) is 23.8 Å². The van der Waals surface area contributed by atoms with E-state index >= 15 is 0 Å². The minimum Gasteiger partial charge on any atom is -0.492 e. The fourth-order valence-corrected chi connectivity index (χ4v) is 2.65. The van der Waals surface area contributed by atoms with E-state index in [0.717, 1.165) is 23.9 Å². The number of benzene rings is 2. The van der Waals surface area contributed by atoms with Gasteiger partial charge in [-0.3, -0.25) is 4.99 Å². The van der Waals surface area contributed by atoms with Crippen LogP contribution in [0.25, 0.3) is 0 Å². The maximum atomic E-state index is 5.92. The summed E-state index contributed by atoms with van der Waals surface area (Å²) in [4.78, 5) is 4.23. The molecule has 0 saturated heterocycles. The van der Waals surface area contributed by atoms with Crippen LogP contribution >= 0.6 is 0 Å². The first-order valence-electron chi connectivity index (χ1n) is 8.22. The molecule has 5 nitrogen and oxygen atoms in total. The lowest BCUT2D eigenvalue weighted by Crippen LogP contribution is -2.43. The average Bonchev–Trinajstić information content (AvgIpc) is 3.05. The van der Waals surface area contributed by atoms with Gasteiger partial charge < -0.3 is 20.1 Å². The Kier molecular flexibility index (Phi) is 5.56. The molecule has 1 atom stereocenters. The third kappa shape index (κ3) is 4.41. The molecule has 0 radical (unpaired) electrons. The van der Waals surface area contributed by atoms with Crippen molar-refractivity contribution in [3.63, 3.8) is 0 Å². The number of ether oxygens (including phenoxy) is 2. The van der Waals surface area contributed by atoms with Crippen LogP contribution in [-0.4, -0.2) is 38.8 Å². The van der Waals surface area contributed by atoms with Gasteiger partial charge in [0.05, 0.1) is 13.1 Å². The van der Waals surface area contributed by atoms with Crippen LogP contribution in [0.4, 0.5) is 0 Å². The quantitative estimate of drug-likeness (QED) is 0.486. The Hall–Kier alpha value is -2.69. The smallest absolute Gasteiger partial charge is 0.191 e. The zero-order valence-electron chi connectivity index (χ0n) is 13.9. The van der Waals surface area contributed by atoms with Gasteiger partial charge in [0.1, 0.15) is 24.2 Å². The summed E-state index contributed by atoms with van der Waals surface area (Å²) in [5.41, 5.74) is 1.27. The molecule has 0 saturated carbocycles. The fourth-order valence-electron chi connectivity index (χ4n) is 2.65. The molecule has 0 aromatic heterocycles. The Morgan fingerprint density at radius 3 is 2.71 bits per heavy atom. The number of nitrogens with zero attached hydrogens (tertiary/aromatic N) is 1. The zero-order chi connectivity index (χ0) is 16.6. The number of aliphatic imine (C=N–C) groups is 1. The molecule has 2 aromatic carbocycles. The highest BCUT2D eigenvalue weighted by atomic mass is 16.5. The highest BCUT2D eigenvalue weighted by Crippen LogP contribution is 2.27. The Labute approximate surface area is 142 Å². The van der Waals surface area contributed by atoms with Crippen LogP contribution in [0.15, 0.2) is 59.6 Å². The Bertz CT molecular complexity index is 648. The highest BCUT2D eigenvalue weighted by Gasteiger charge is 2.22. The summed E-state index contributed by atoms with van der Waals surface area (Å²) in [6.07, 6.45) is 1.07. The van der Waals surface area contributed by atoms with E-state index in [1.54, 1.807) is 7.05 Å². The van der Waals surface area contributed by atoms with Gasteiger partial charge in [-0.2, -0.15) is 0 Å². The van der Waals surface area contributed by atoms with Crippen molar-refractivity contribution in [1.82, 2.24) is 10.6 Å². The van der Waals surface area contributed by atoms with Crippen LogP contribution in [0.5, 0.6) is 11.5 Å². The van der Waals surface area contributed by atoms with E-state index in [4.69, 9.17) is 9.47 Å². The molecule has 0 spiro atoms. The molecule has 3 rings (SSSR count). The summed E-state index contributed by atoms with van der Waals surface area (Å²) in [5.74, 6) is 2.62. The second-order valence-electron chi connectivity index (χ2n) is 5.59. The Morgan fingerprint density at radius 1 is 1.12 bits per heavy atom. The molecule has 0 bridgehead atoms. The van der Waals surface area contributed by atoms with E-state index in [9.17, 15) is 0 Å². The van der Waals surface area contributed by atoms with Crippen LogP contribution in [0.1, 0.15) is 5.56 Å². The first kappa shape index (κ1) is 16.2. The van der Waals surface area contributed by atoms with E-state index < -0.39 is 0 Å². The van der Waals surface area contributed by atoms with Gasteiger partial charge in [0.2, 0.25) is 0 Å². The summed E-state index contributed by atoms with van der Waals surface area (Å²) in [6.45, 7) is 1.98. The predicted molar refractivity (Wildman–Crippen MR) is 95.9 cm³/mol. The molecular formula is C19H23N3O2. The van der Waals surface area contributed by atoms with Gasteiger partial charge in [-0.25, -0.2) is 0 Å². The molecule has 1 unspecified atom stereocenters. The van der Waals surface area contributed by atoms with Gasteiger partial charge in [0, 0.05) is 13.5 Å². The molecule has 0 amide bonds. The number of guanidine groups is 1. The molecule has 0 aliphatic carbocycles. The summed E-state index contributed by atoms with van der Waals surface area (Å²) in [7, 11) is 1.76. The van der Waals surface area contributed by atoms with Crippen molar-refractivity contribution in [3.05, 3.63) is 60.2 Å². The third-order valence-electron chi connectivity index (χ3n) is 3.84. The lowest BCUT2D eigenvalue weighted by Gasteiger charge is -2.15. The van der Waals surface area contributed by atoms with E-state index in [2.05, 4.69) is 21.7 Å². The second-order valence-corrected chi connectivity index (χ2v) is 5.59. The van der Waals surface area contributed by atoms with Gasteiger partial charge in [-0.1, -0.05) is 36.4 Å². The van der Waals surface area contributed by atoms with Crippen LogP contribution in [0.2, 0.25) is 0 Å². The van der Waals surface area contributed by atoms with Crippen molar-refractivity contribution in [3.8, 4) is 11.5 Å². The zero-order valence-corrected chi connectivity index (χ0v) is 13.9. The normalized spacial score (nSPS) is 16.2. The lowest BCUT2D eigenvalue weighted by atomic mass is 10.1. The van der Waals surface area contributed by atoms with E-state index in [1.165, 1.54) is 5.56 Å². The molecule has 24 heavy (non-hydrogen) atoms. The summed E-state index contributed by atoms with van der Waals surface area (Å²) in [6, 6.07) is 18.0. The number of para-hydroxylation sites is 2. The van der Waals surface area contributed by atoms with E-state index in [1.807, 2.05) is 48.5 Å². The maximum absolute atomic E-state index is 5.92. The minimum atomic E-state index is 0.140. The van der Waals surface area contributed by atoms with Crippen molar-refractivity contribution in [2.24, 2.45) is 4.99 Å². The van der Waals surface area contributed by atoms with Gasteiger partial charge in [-0.15, -0.1) is 0 Å². The Morgan fingerprint density at radius 2 is 1.92 bits per heavy atom. The molecule has 126 valence electrons. The molecular weight excluding hydrogens is 302 g/mol. The van der Waals surface area contributed by atoms with Crippen LogP contribution in [0.3, 0.4) is 0 Å². The van der Waals surface area contributed by atoms with E-state index in [0.29, 0.717) is 19.7 Å². The molecule has 1 heterocycles. The molecule has 0 fully saturated rings. The first-order valence-corrected chi connectivity index (χ1v) is 8.22. The second kappa shape index (κ2) is 8.24. The number of hydrogen-bond acceptors (Lipinski definition) is 3. The number of nitrogens with one attached hydrogen (secondary N) is 2. The van der Waals surface area contributed by atoms with Crippen molar-refractivity contribution in [2.75, 3.05) is 26.7 Å². The lowest BCUT2D eigenvalue weighted by molar-refractivity contribution is 0.234. The van der Waals surface area contributed by atoms with Crippen molar-refractivity contribution in [2.45, 2.75) is 12.5 Å². The van der Waals surface area contributed by atoms with Crippen molar-refractivity contribution < 1.29 is 9.47 Å². The topological polar surface area (TPSA) is 54.9 Å². The van der Waals surface area contributed by atoms with Gasteiger partial charge in [0.15, 0.2) is 5.96 Å².